The van der Waals surface area contributed by atoms with Gasteiger partial charge in [0.05, 0.1) is 23.7 Å². The van der Waals surface area contributed by atoms with Crippen molar-refractivity contribution >= 4 is 22.5 Å². The van der Waals surface area contributed by atoms with Crippen LogP contribution in [0.4, 0.5) is 10.1 Å². The summed E-state index contributed by atoms with van der Waals surface area (Å²) < 4.78 is 38.6. The van der Waals surface area contributed by atoms with Crippen molar-refractivity contribution in [3.63, 3.8) is 0 Å². The normalized spacial score (nSPS) is 12.2. The van der Waals surface area contributed by atoms with Crippen molar-refractivity contribution < 1.29 is 28.1 Å². The highest BCUT2D eigenvalue weighted by Crippen LogP contribution is 2.48. The zero-order valence-electron chi connectivity index (χ0n) is 22.4. The summed E-state index contributed by atoms with van der Waals surface area (Å²) in [6.45, 7) is 0.750. The molecule has 0 aliphatic carbocycles. The average Bonchev–Trinajstić information content (AvgIpc) is 3.00. The van der Waals surface area contributed by atoms with E-state index in [1.807, 2.05) is 0 Å². The Hall–Kier alpha value is -5.65. The molecule has 1 amide bonds. The Labute approximate surface area is 237 Å². The third kappa shape index (κ3) is 4.79. The van der Waals surface area contributed by atoms with Crippen molar-refractivity contribution in [3.05, 3.63) is 105 Å². The Bertz CT molecular complexity index is 1950. The predicted molar refractivity (Wildman–Crippen MR) is 151 cm³/mol. The average molecular weight is 571 g/mol. The standard InChI is InChI=1S/C30H23FN4O7/c1-34-16-21(29(37)35(30(34)38)19-7-3-17(31)4-8-19)28(36)33-18-5-9-20(10-6-18)42-23-11-12-32-22-15-24(39-2)26-27(25(22)23)41-14-13-40-26/h3-12,15-16H,13-14H2,1-2H3,(H,33,36). The summed E-state index contributed by atoms with van der Waals surface area (Å²) in [6.07, 6.45) is 2.77. The Balaban J connectivity index is 1.26. The molecule has 0 spiro atoms. The van der Waals surface area contributed by atoms with Gasteiger partial charge in [-0.25, -0.2) is 13.8 Å². The van der Waals surface area contributed by atoms with Crippen LogP contribution < -0.4 is 35.5 Å². The zero-order chi connectivity index (χ0) is 29.4. The Morgan fingerprint density at radius 3 is 2.40 bits per heavy atom. The molecule has 6 rings (SSSR count). The monoisotopic (exact) mass is 570 g/mol. The van der Waals surface area contributed by atoms with Crippen LogP contribution in [-0.2, 0) is 7.05 Å². The van der Waals surface area contributed by atoms with Gasteiger partial charge in [0.25, 0.3) is 11.5 Å². The molecule has 0 atom stereocenters. The quantitative estimate of drug-likeness (QED) is 0.325. The smallest absolute Gasteiger partial charge is 0.335 e. The highest BCUT2D eigenvalue weighted by Gasteiger charge is 2.24. The van der Waals surface area contributed by atoms with Crippen LogP contribution in [0.2, 0.25) is 0 Å². The van der Waals surface area contributed by atoms with Gasteiger partial charge in [0.1, 0.15) is 36.1 Å². The molecule has 0 bridgehead atoms. The molecular weight excluding hydrogens is 547 g/mol. The first-order valence-corrected chi connectivity index (χ1v) is 12.8. The van der Waals surface area contributed by atoms with Gasteiger partial charge < -0.3 is 28.8 Å². The van der Waals surface area contributed by atoms with E-state index in [4.69, 9.17) is 18.9 Å². The molecule has 42 heavy (non-hydrogen) atoms. The van der Waals surface area contributed by atoms with Crippen molar-refractivity contribution in [1.82, 2.24) is 14.1 Å². The van der Waals surface area contributed by atoms with Gasteiger partial charge in [-0.15, -0.1) is 0 Å². The van der Waals surface area contributed by atoms with Crippen molar-refractivity contribution in [1.29, 1.82) is 0 Å². The molecule has 0 radical (unpaired) electrons. The molecule has 1 aliphatic rings. The zero-order valence-corrected chi connectivity index (χ0v) is 22.4. The third-order valence-corrected chi connectivity index (χ3v) is 6.58. The number of hydrogen-bond acceptors (Lipinski definition) is 8. The van der Waals surface area contributed by atoms with Gasteiger partial charge in [-0.3, -0.25) is 14.6 Å². The minimum absolute atomic E-state index is 0.137. The van der Waals surface area contributed by atoms with Crippen LogP contribution in [0.3, 0.4) is 0 Å². The molecule has 0 saturated carbocycles. The number of anilines is 1. The summed E-state index contributed by atoms with van der Waals surface area (Å²) in [5, 5.41) is 3.29. The lowest BCUT2D eigenvalue weighted by molar-refractivity contribution is 0.102. The number of methoxy groups -OCH3 is 1. The molecular formula is C30H23FN4O7. The number of pyridine rings is 1. The highest BCUT2D eigenvalue weighted by molar-refractivity contribution is 6.04. The summed E-state index contributed by atoms with van der Waals surface area (Å²) in [5.74, 6) is 1.15. The van der Waals surface area contributed by atoms with Gasteiger partial charge >= 0.3 is 5.69 Å². The van der Waals surface area contributed by atoms with Crippen molar-refractivity contribution in [2.24, 2.45) is 7.05 Å². The maximum Gasteiger partial charge on any atom is 0.335 e. The van der Waals surface area contributed by atoms with E-state index in [9.17, 15) is 18.8 Å². The van der Waals surface area contributed by atoms with E-state index in [-0.39, 0.29) is 11.3 Å². The summed E-state index contributed by atoms with van der Waals surface area (Å²) in [6, 6.07) is 14.8. The number of hydrogen-bond donors (Lipinski definition) is 1. The van der Waals surface area contributed by atoms with Crippen LogP contribution in [0.5, 0.6) is 28.7 Å². The third-order valence-electron chi connectivity index (χ3n) is 6.58. The number of nitrogens with one attached hydrogen (secondary N) is 1. The van der Waals surface area contributed by atoms with Crippen LogP contribution in [-0.4, -0.2) is 40.3 Å². The fourth-order valence-electron chi connectivity index (χ4n) is 4.59. The fraction of sp³-hybridized carbons (Fsp3) is 0.133. The molecule has 3 heterocycles. The second-order valence-corrected chi connectivity index (χ2v) is 9.27. The number of aromatic nitrogens is 3. The number of aryl methyl sites for hydroxylation is 1. The number of nitrogens with zero attached hydrogens (tertiary/aromatic N) is 3. The summed E-state index contributed by atoms with van der Waals surface area (Å²) in [5.41, 5.74) is -0.665. The lowest BCUT2D eigenvalue weighted by Gasteiger charge is -2.23. The number of ether oxygens (including phenoxy) is 4. The van der Waals surface area contributed by atoms with Gasteiger partial charge in [0, 0.05) is 31.2 Å². The number of carbonyl (C=O) groups is 1. The second-order valence-electron chi connectivity index (χ2n) is 9.27. The molecule has 1 aliphatic heterocycles. The van der Waals surface area contributed by atoms with Gasteiger partial charge in [-0.05, 0) is 54.6 Å². The van der Waals surface area contributed by atoms with Crippen LogP contribution in [0, 0.1) is 5.82 Å². The second kappa shape index (κ2) is 10.7. The molecule has 0 unspecified atom stereocenters. The topological polar surface area (TPSA) is 123 Å². The van der Waals surface area contributed by atoms with Crippen molar-refractivity contribution in [2.75, 3.05) is 25.6 Å². The molecule has 11 nitrogen and oxygen atoms in total. The lowest BCUT2D eigenvalue weighted by atomic mass is 10.1. The van der Waals surface area contributed by atoms with E-state index in [1.54, 1.807) is 49.7 Å². The molecule has 5 aromatic rings. The minimum atomic E-state index is -0.835. The fourth-order valence-corrected chi connectivity index (χ4v) is 4.59. The van der Waals surface area contributed by atoms with Crippen LogP contribution >= 0.6 is 0 Å². The van der Waals surface area contributed by atoms with E-state index >= 15 is 0 Å². The molecule has 212 valence electrons. The van der Waals surface area contributed by atoms with E-state index in [1.165, 1.54) is 19.2 Å². The first-order valence-electron chi connectivity index (χ1n) is 12.8. The Morgan fingerprint density at radius 2 is 1.69 bits per heavy atom. The van der Waals surface area contributed by atoms with E-state index < -0.39 is 23.0 Å². The molecule has 2 aromatic heterocycles. The molecule has 1 N–H and O–H groups in total. The number of halogens is 1. The Kier molecular flexibility index (Phi) is 6.79. The minimum Gasteiger partial charge on any atom is -0.493 e. The first-order chi connectivity index (χ1) is 20.3. The van der Waals surface area contributed by atoms with E-state index in [0.29, 0.717) is 58.6 Å². The van der Waals surface area contributed by atoms with Crippen LogP contribution in [0.25, 0.3) is 16.6 Å². The molecule has 0 saturated heterocycles. The maximum atomic E-state index is 13.4. The molecule has 3 aromatic carbocycles. The number of amides is 1. The molecule has 12 heteroatoms. The van der Waals surface area contributed by atoms with Gasteiger partial charge in [-0.1, -0.05) is 0 Å². The number of fused-ring (bicyclic) bond motifs is 3. The largest absolute Gasteiger partial charge is 0.493 e. The summed E-state index contributed by atoms with van der Waals surface area (Å²) in [4.78, 5) is 43.2. The number of benzene rings is 3. The predicted octanol–water partition coefficient (Wildman–Crippen LogP) is 4.05. The summed E-state index contributed by atoms with van der Waals surface area (Å²) in [7, 11) is 2.96. The van der Waals surface area contributed by atoms with E-state index in [0.717, 1.165) is 27.5 Å². The lowest BCUT2D eigenvalue weighted by Crippen LogP contribution is -2.41. The first kappa shape index (κ1) is 26.6. The maximum absolute atomic E-state index is 13.4. The van der Waals surface area contributed by atoms with Gasteiger partial charge in [0.15, 0.2) is 11.5 Å². The van der Waals surface area contributed by atoms with Gasteiger partial charge in [-0.2, -0.15) is 0 Å². The van der Waals surface area contributed by atoms with Crippen molar-refractivity contribution in [2.45, 2.75) is 0 Å². The number of carbonyl (C=O) groups excluding carboxylic acids is 1. The van der Waals surface area contributed by atoms with Gasteiger partial charge in [0.2, 0.25) is 5.75 Å². The summed E-state index contributed by atoms with van der Waals surface area (Å²) >= 11 is 0. The SMILES string of the molecule is COc1cc2nccc(Oc3ccc(NC(=O)c4cn(C)c(=O)n(-c5ccc(F)cc5)c4=O)cc3)c2c2c1OCCO2. The van der Waals surface area contributed by atoms with Crippen LogP contribution in [0.1, 0.15) is 10.4 Å². The highest BCUT2D eigenvalue weighted by atomic mass is 19.1. The molecule has 0 fully saturated rings. The van der Waals surface area contributed by atoms with E-state index in [2.05, 4.69) is 10.3 Å². The van der Waals surface area contributed by atoms with Crippen molar-refractivity contribution in [3.8, 4) is 34.4 Å². The van der Waals surface area contributed by atoms with Crippen LogP contribution in [0.15, 0.2) is 82.6 Å². The Morgan fingerprint density at radius 1 is 0.976 bits per heavy atom. The number of rotatable bonds is 6.